The van der Waals surface area contributed by atoms with Gasteiger partial charge < -0.3 is 4.42 Å². The van der Waals surface area contributed by atoms with E-state index >= 15 is 0 Å². The Balaban J connectivity index is 1.58. The van der Waals surface area contributed by atoms with Crippen LogP contribution in [0.5, 0.6) is 0 Å². The van der Waals surface area contributed by atoms with Crippen LogP contribution in [0.15, 0.2) is 120 Å². The molecular weight excluding hydrogens is 448 g/mol. The Morgan fingerprint density at radius 1 is 0.667 bits per heavy atom. The summed E-state index contributed by atoms with van der Waals surface area (Å²) in [6.07, 6.45) is 0. The summed E-state index contributed by atoms with van der Waals surface area (Å²) in [5, 5.41) is 12.8. The number of carbonyl (C=O) groups excluding carboxylic acids is 2. The highest BCUT2D eigenvalue weighted by Crippen LogP contribution is 2.41. The van der Waals surface area contributed by atoms with E-state index < -0.39 is 5.91 Å². The summed E-state index contributed by atoms with van der Waals surface area (Å²) >= 11 is 0. The molecule has 5 nitrogen and oxygen atoms in total. The molecule has 5 aromatic rings. The summed E-state index contributed by atoms with van der Waals surface area (Å²) < 4.78 is 6.12. The number of carbonyl (C=O) groups is 2. The molecule has 1 heterocycles. The van der Waals surface area contributed by atoms with Crippen molar-refractivity contribution in [1.82, 2.24) is 0 Å². The molecule has 0 spiro atoms. The lowest BCUT2D eigenvalue weighted by Crippen LogP contribution is -2.17. The first kappa shape index (κ1) is 22.6. The van der Waals surface area contributed by atoms with Crippen molar-refractivity contribution in [2.75, 3.05) is 5.32 Å². The third-order valence-corrected chi connectivity index (χ3v) is 5.80. The summed E-state index contributed by atoms with van der Waals surface area (Å²) in [7, 11) is 0. The van der Waals surface area contributed by atoms with Crippen LogP contribution in [-0.2, 0) is 0 Å². The molecule has 36 heavy (non-hydrogen) atoms. The molecule has 1 amide bonds. The average Bonchev–Trinajstić information content (AvgIpc) is 3.32. The van der Waals surface area contributed by atoms with Crippen molar-refractivity contribution in [2.45, 2.75) is 0 Å². The topological polar surface area (TPSA) is 83.1 Å². The first-order valence-electron chi connectivity index (χ1n) is 11.3. The van der Waals surface area contributed by atoms with Crippen LogP contribution in [0.3, 0.4) is 0 Å². The highest BCUT2D eigenvalue weighted by molar-refractivity contribution is 6.17. The minimum Gasteiger partial charge on any atom is -0.438 e. The van der Waals surface area contributed by atoms with Crippen molar-refractivity contribution in [1.29, 1.82) is 5.26 Å². The predicted octanol–water partition coefficient (Wildman–Crippen LogP) is 6.97. The fourth-order valence-electron chi connectivity index (χ4n) is 4.09. The van der Waals surface area contributed by atoms with Gasteiger partial charge in [-0.15, -0.1) is 0 Å². The first-order chi connectivity index (χ1) is 17.7. The number of rotatable bonds is 6. The van der Waals surface area contributed by atoms with Crippen LogP contribution in [0.4, 0.5) is 5.88 Å². The van der Waals surface area contributed by atoms with Gasteiger partial charge in [-0.2, -0.15) is 5.26 Å². The van der Waals surface area contributed by atoms with E-state index in [1.165, 1.54) is 0 Å². The number of anilines is 1. The lowest BCUT2D eigenvalue weighted by atomic mass is 9.97. The van der Waals surface area contributed by atoms with Gasteiger partial charge in [-0.05, 0) is 11.6 Å². The van der Waals surface area contributed by atoms with Gasteiger partial charge in [0, 0.05) is 22.3 Å². The van der Waals surface area contributed by atoms with E-state index in [9.17, 15) is 14.9 Å². The van der Waals surface area contributed by atoms with Crippen molar-refractivity contribution < 1.29 is 14.0 Å². The minimum atomic E-state index is -0.542. The van der Waals surface area contributed by atoms with E-state index in [0.717, 1.165) is 11.1 Å². The molecule has 0 radical (unpaired) electrons. The maximum atomic E-state index is 13.4. The SMILES string of the molecule is N#Cc1c(NC(=O)c2ccccc2C(=O)c2ccccc2)oc(-c2ccccc2)c1-c1ccccc1. The second kappa shape index (κ2) is 9.96. The summed E-state index contributed by atoms with van der Waals surface area (Å²) in [5.41, 5.74) is 3.29. The number of nitriles is 1. The van der Waals surface area contributed by atoms with Crippen molar-refractivity contribution in [3.8, 4) is 28.5 Å². The Hall–Kier alpha value is -5.21. The van der Waals surface area contributed by atoms with E-state index in [0.29, 0.717) is 16.9 Å². The number of amides is 1. The lowest BCUT2D eigenvalue weighted by Gasteiger charge is -2.09. The molecule has 1 N–H and O–H groups in total. The third-order valence-electron chi connectivity index (χ3n) is 5.80. The molecule has 0 fully saturated rings. The summed E-state index contributed by atoms with van der Waals surface area (Å²) in [6, 6.07) is 36.4. The molecule has 0 aliphatic carbocycles. The molecular formula is C31H20N2O3. The van der Waals surface area contributed by atoms with Crippen LogP contribution in [0.25, 0.3) is 22.5 Å². The summed E-state index contributed by atoms with van der Waals surface area (Å²) in [6.45, 7) is 0. The smallest absolute Gasteiger partial charge is 0.258 e. The highest BCUT2D eigenvalue weighted by atomic mass is 16.4. The maximum Gasteiger partial charge on any atom is 0.258 e. The summed E-state index contributed by atoms with van der Waals surface area (Å²) in [4.78, 5) is 26.5. The molecule has 5 heteroatoms. The Kier molecular flexibility index (Phi) is 6.25. The number of nitrogens with one attached hydrogen (secondary N) is 1. The van der Waals surface area contributed by atoms with Gasteiger partial charge in [0.15, 0.2) is 5.78 Å². The lowest BCUT2D eigenvalue weighted by molar-refractivity contribution is 0.0995. The zero-order chi connectivity index (χ0) is 24.9. The number of nitrogens with zero attached hydrogens (tertiary/aromatic N) is 1. The largest absolute Gasteiger partial charge is 0.438 e. The van der Waals surface area contributed by atoms with Gasteiger partial charge in [0.1, 0.15) is 17.4 Å². The average molecular weight is 469 g/mol. The van der Waals surface area contributed by atoms with Gasteiger partial charge in [-0.3, -0.25) is 14.9 Å². The molecule has 0 bridgehead atoms. The van der Waals surface area contributed by atoms with Gasteiger partial charge in [-0.25, -0.2) is 0 Å². The molecule has 0 atom stereocenters. The zero-order valence-corrected chi connectivity index (χ0v) is 19.1. The number of hydrogen-bond donors (Lipinski definition) is 1. The third kappa shape index (κ3) is 4.31. The first-order valence-corrected chi connectivity index (χ1v) is 11.3. The molecule has 0 aliphatic rings. The van der Waals surface area contributed by atoms with Crippen LogP contribution in [0, 0.1) is 11.3 Å². The van der Waals surface area contributed by atoms with Crippen molar-refractivity contribution in [3.63, 3.8) is 0 Å². The molecule has 0 saturated heterocycles. The van der Waals surface area contributed by atoms with E-state index in [-0.39, 0.29) is 28.4 Å². The Bertz CT molecular complexity index is 1580. The van der Waals surface area contributed by atoms with Crippen LogP contribution >= 0.6 is 0 Å². The molecule has 0 aliphatic heterocycles. The monoisotopic (exact) mass is 468 g/mol. The maximum absolute atomic E-state index is 13.4. The zero-order valence-electron chi connectivity index (χ0n) is 19.1. The van der Waals surface area contributed by atoms with E-state index in [2.05, 4.69) is 11.4 Å². The number of furan rings is 1. The van der Waals surface area contributed by atoms with E-state index in [1.54, 1.807) is 48.5 Å². The van der Waals surface area contributed by atoms with E-state index in [4.69, 9.17) is 4.42 Å². The number of benzene rings is 4. The van der Waals surface area contributed by atoms with Crippen molar-refractivity contribution >= 4 is 17.6 Å². The van der Waals surface area contributed by atoms with Crippen LogP contribution in [0.2, 0.25) is 0 Å². The number of ketones is 1. The van der Waals surface area contributed by atoms with Gasteiger partial charge >= 0.3 is 0 Å². The van der Waals surface area contributed by atoms with Gasteiger partial charge in [0.25, 0.3) is 5.91 Å². The van der Waals surface area contributed by atoms with Crippen LogP contribution in [0.1, 0.15) is 31.8 Å². The quantitative estimate of drug-likeness (QED) is 0.273. The van der Waals surface area contributed by atoms with Gasteiger partial charge in [0.2, 0.25) is 5.88 Å². The van der Waals surface area contributed by atoms with Gasteiger partial charge in [-0.1, -0.05) is 109 Å². The molecule has 0 saturated carbocycles. The molecule has 4 aromatic carbocycles. The highest BCUT2D eigenvalue weighted by Gasteiger charge is 2.26. The standard InChI is InChI=1S/C31H20N2O3/c32-20-26-27(21-12-4-1-5-13-21)29(23-16-8-3-9-17-23)36-31(26)33-30(35)25-19-11-10-18-24(25)28(34)22-14-6-2-7-15-22/h1-19H,(H,33,35). The van der Waals surface area contributed by atoms with Crippen molar-refractivity contribution in [2.24, 2.45) is 0 Å². The fourth-order valence-corrected chi connectivity index (χ4v) is 4.09. The Morgan fingerprint density at radius 2 is 1.19 bits per heavy atom. The molecule has 0 unspecified atom stereocenters. The van der Waals surface area contributed by atoms with Gasteiger partial charge in [0.05, 0.1) is 5.56 Å². The molecule has 172 valence electrons. The Morgan fingerprint density at radius 3 is 1.81 bits per heavy atom. The van der Waals surface area contributed by atoms with Crippen LogP contribution in [-0.4, -0.2) is 11.7 Å². The second-order valence-corrected chi connectivity index (χ2v) is 8.05. The fraction of sp³-hybridized carbons (Fsp3) is 0. The second-order valence-electron chi connectivity index (χ2n) is 8.05. The predicted molar refractivity (Wildman–Crippen MR) is 139 cm³/mol. The Labute approximate surface area is 208 Å². The van der Waals surface area contributed by atoms with Crippen molar-refractivity contribution in [3.05, 3.63) is 138 Å². The molecule has 5 rings (SSSR count). The summed E-state index contributed by atoms with van der Waals surface area (Å²) in [5.74, 6) is -0.305. The van der Waals surface area contributed by atoms with E-state index in [1.807, 2.05) is 66.7 Å². The minimum absolute atomic E-state index is 0.0298. The van der Waals surface area contributed by atoms with Crippen LogP contribution < -0.4 is 5.32 Å². The molecule has 1 aromatic heterocycles. The normalized spacial score (nSPS) is 10.4. The number of hydrogen-bond acceptors (Lipinski definition) is 4.